The summed E-state index contributed by atoms with van der Waals surface area (Å²) < 4.78 is 63.2. The minimum Gasteiger partial charge on any atom is -0.477 e. The number of anilines is 3. The number of piperidine rings is 1. The topological polar surface area (TPSA) is 164 Å². The molecule has 1 saturated heterocycles. The van der Waals surface area contributed by atoms with E-state index in [4.69, 9.17) is 13.9 Å². The molecule has 2 aliphatic heterocycles. The van der Waals surface area contributed by atoms with Crippen LogP contribution in [0.15, 0.2) is 30.5 Å². The lowest BCUT2D eigenvalue weighted by atomic mass is 9.91. The second kappa shape index (κ2) is 15.1. The van der Waals surface area contributed by atoms with Gasteiger partial charge in [0, 0.05) is 37.1 Å². The number of nitrogens with zero attached hydrogens (tertiary/aromatic N) is 3. The highest BCUT2D eigenvalue weighted by molar-refractivity contribution is 6.74. The molecule has 1 fully saturated rings. The van der Waals surface area contributed by atoms with E-state index >= 15 is 4.39 Å². The Bertz CT molecular complexity index is 1930. The third-order valence-electron chi connectivity index (χ3n) is 9.72. The van der Waals surface area contributed by atoms with Gasteiger partial charge in [-0.1, -0.05) is 33.8 Å². The molecule has 2 aliphatic rings. The molecule has 3 aromatic rings. The quantitative estimate of drug-likeness (QED) is 0.168. The largest absolute Gasteiger partial charge is 0.477 e. The van der Waals surface area contributed by atoms with Gasteiger partial charge in [0.05, 0.1) is 47.6 Å². The summed E-state index contributed by atoms with van der Waals surface area (Å²) >= 11 is 0. The average molecular weight is 773 g/mol. The van der Waals surface area contributed by atoms with Crippen LogP contribution in [0, 0.1) is 23.4 Å². The molecular weight excluding hydrogens is 726 g/mol. The van der Waals surface area contributed by atoms with Crippen LogP contribution in [0.3, 0.4) is 0 Å². The lowest BCUT2D eigenvalue weighted by molar-refractivity contribution is 0.0336. The molecule has 2 aromatic heterocycles. The van der Waals surface area contributed by atoms with Crippen LogP contribution in [-0.2, 0) is 15.6 Å². The highest BCUT2D eigenvalue weighted by Crippen LogP contribution is 2.43. The van der Waals surface area contributed by atoms with E-state index in [1.54, 1.807) is 20.8 Å². The smallest absolute Gasteiger partial charge is 0.409 e. The number of carboxylic acid groups (broad SMARTS) is 1. The third-order valence-corrected chi connectivity index (χ3v) is 14.2. The molecule has 13 nitrogen and oxygen atoms in total. The van der Waals surface area contributed by atoms with E-state index in [0.29, 0.717) is 42.8 Å². The lowest BCUT2D eigenvalue weighted by Gasteiger charge is -2.49. The average Bonchev–Trinajstić information content (AvgIpc) is 3.50. The molecule has 17 heteroatoms. The first-order chi connectivity index (χ1) is 25.1. The van der Waals surface area contributed by atoms with Crippen LogP contribution in [-0.4, -0.2) is 78.9 Å². The van der Waals surface area contributed by atoms with Crippen molar-refractivity contribution in [1.82, 2.24) is 15.3 Å². The Hall–Kier alpha value is -4.90. The maximum Gasteiger partial charge on any atom is 0.409 e. The summed E-state index contributed by atoms with van der Waals surface area (Å²) in [5.41, 5.74) is -2.28. The normalized spacial score (nSPS) is 18.7. The number of aromatic nitrogens is 2. The first-order valence-corrected chi connectivity index (χ1v) is 20.5. The Balaban J connectivity index is 1.56. The highest BCUT2D eigenvalue weighted by Gasteiger charge is 2.46. The maximum absolute atomic E-state index is 15.3. The van der Waals surface area contributed by atoms with Crippen molar-refractivity contribution in [3.05, 3.63) is 59.2 Å². The Morgan fingerprint density at radius 1 is 1.00 bits per heavy atom. The first-order valence-electron chi connectivity index (χ1n) is 17.6. The number of benzene rings is 1. The van der Waals surface area contributed by atoms with Crippen LogP contribution >= 0.6 is 0 Å². The fourth-order valence-corrected chi connectivity index (χ4v) is 7.71. The van der Waals surface area contributed by atoms with Crippen LogP contribution in [0.5, 0.6) is 5.88 Å². The Morgan fingerprint density at radius 2 is 1.67 bits per heavy atom. The number of carbonyl (C=O) groups is 3. The number of carbonyl (C=O) groups excluding carboxylic acids is 2. The van der Waals surface area contributed by atoms with Crippen LogP contribution in [0.4, 0.5) is 39.8 Å². The molecule has 5 rings (SSSR count). The van der Waals surface area contributed by atoms with E-state index in [1.807, 2.05) is 17.1 Å². The number of nitrogens with one attached hydrogen (secondary N) is 3. The van der Waals surface area contributed by atoms with Gasteiger partial charge < -0.3 is 34.5 Å². The van der Waals surface area contributed by atoms with E-state index < -0.39 is 84.2 Å². The second-order valence-corrected chi connectivity index (χ2v) is 20.8. The van der Waals surface area contributed by atoms with Crippen LogP contribution in [0.1, 0.15) is 64.5 Å². The van der Waals surface area contributed by atoms with Gasteiger partial charge in [-0.25, -0.2) is 32.7 Å². The number of fused-ring (bicyclic) bond motifs is 1. The van der Waals surface area contributed by atoms with Crippen molar-refractivity contribution in [3.8, 4) is 17.1 Å². The molecule has 292 valence electrons. The molecule has 0 bridgehead atoms. The van der Waals surface area contributed by atoms with Crippen molar-refractivity contribution in [2.24, 2.45) is 5.92 Å². The molecule has 4 N–H and O–H groups in total. The Labute approximate surface area is 313 Å². The van der Waals surface area contributed by atoms with Crippen molar-refractivity contribution in [3.63, 3.8) is 0 Å². The molecule has 0 saturated carbocycles. The number of ether oxygens (including phenoxy) is 2. The molecule has 0 aliphatic carbocycles. The lowest BCUT2D eigenvalue weighted by Crippen LogP contribution is -2.63. The molecule has 3 amide bonds. The minimum absolute atomic E-state index is 0.123. The predicted octanol–water partition coefficient (Wildman–Crippen LogP) is 7.58. The van der Waals surface area contributed by atoms with Crippen molar-refractivity contribution < 1.29 is 46.6 Å². The van der Waals surface area contributed by atoms with E-state index in [0.717, 1.165) is 18.2 Å². The summed E-state index contributed by atoms with van der Waals surface area (Å²) in [7, 11) is -2.35. The zero-order chi connectivity index (χ0) is 39.9. The molecule has 0 spiro atoms. The number of rotatable bonds is 8. The number of pyridine rings is 2. The van der Waals surface area contributed by atoms with Gasteiger partial charge in [-0.2, -0.15) is 0 Å². The monoisotopic (exact) mass is 772 g/mol. The number of halogens is 3. The summed E-state index contributed by atoms with van der Waals surface area (Å²) in [4.78, 5) is 49.3. The number of hydrogen-bond acceptors (Lipinski definition) is 9. The molecule has 1 aromatic carbocycles. The van der Waals surface area contributed by atoms with Crippen LogP contribution in [0.2, 0.25) is 18.1 Å². The van der Waals surface area contributed by atoms with Gasteiger partial charge in [0.2, 0.25) is 5.88 Å². The van der Waals surface area contributed by atoms with Crippen molar-refractivity contribution in [2.75, 3.05) is 35.2 Å². The van der Waals surface area contributed by atoms with Crippen LogP contribution in [0.25, 0.3) is 11.3 Å². The van der Waals surface area contributed by atoms with Crippen molar-refractivity contribution in [1.29, 1.82) is 0 Å². The summed E-state index contributed by atoms with van der Waals surface area (Å²) in [5.74, 6) is -4.38. The SMILES string of the molecule is C[C@H]1CN(c2c(NC(=O)c3nc(-c4c(F)cccc4F)c(F)cc3NC(=O)O)cnc3c2CCO3)C[C@@H](NC(=O)OC(C)(C)C)[C@@H]1O[Si](C)(C)C(C)(C)C. The summed E-state index contributed by atoms with van der Waals surface area (Å²) in [6.45, 7) is 19.0. The Kier molecular flexibility index (Phi) is 11.3. The van der Waals surface area contributed by atoms with Gasteiger partial charge in [0.15, 0.2) is 19.8 Å². The van der Waals surface area contributed by atoms with Gasteiger partial charge in [0.1, 0.15) is 22.9 Å². The van der Waals surface area contributed by atoms with Crippen molar-refractivity contribution in [2.45, 2.75) is 90.8 Å². The molecular formula is C37H47F3N6O7Si. The van der Waals surface area contributed by atoms with Gasteiger partial charge in [-0.05, 0) is 51.0 Å². The molecule has 0 radical (unpaired) electrons. The molecule has 3 atom stereocenters. The predicted molar refractivity (Wildman–Crippen MR) is 199 cm³/mol. The van der Waals surface area contributed by atoms with E-state index in [9.17, 15) is 28.3 Å². The Morgan fingerprint density at radius 3 is 2.28 bits per heavy atom. The standard InChI is InChI=1S/C37H47F3N6O7Si/c1-19-17-46(18-26(44-35(50)52-36(2,3)4)31(19)53-54(8,9)37(5,6)7)30-20-13-14-51-33(20)41-16-25(30)42-32(47)29-24(43-34(48)49)15-23(40)28(45-29)27-21(38)11-10-12-22(27)39/h10-12,15-16,19,26,31,43H,13-14,17-18H2,1-9H3,(H,42,47)(H,44,50)(H,48,49)/t19-,26+,31+/m0/s1. The second-order valence-electron chi connectivity index (χ2n) is 16.1. The zero-order valence-corrected chi connectivity index (χ0v) is 32.8. The van der Waals surface area contributed by atoms with E-state index in [2.05, 4.69) is 54.5 Å². The molecule has 0 unspecified atom stereocenters. The first kappa shape index (κ1) is 40.3. The van der Waals surface area contributed by atoms with Gasteiger partial charge in [-0.15, -0.1) is 0 Å². The number of alkyl carbamates (subject to hydrolysis) is 1. The number of amides is 3. The van der Waals surface area contributed by atoms with Crippen LogP contribution < -0.4 is 25.6 Å². The zero-order valence-electron chi connectivity index (χ0n) is 31.8. The molecule has 54 heavy (non-hydrogen) atoms. The van der Waals surface area contributed by atoms with Gasteiger partial charge >= 0.3 is 12.2 Å². The van der Waals surface area contributed by atoms with E-state index in [-0.39, 0.29) is 23.2 Å². The summed E-state index contributed by atoms with van der Waals surface area (Å²) in [5, 5.41) is 17.1. The van der Waals surface area contributed by atoms with Gasteiger partial charge in [-0.3, -0.25) is 10.1 Å². The summed E-state index contributed by atoms with van der Waals surface area (Å²) in [6, 6.07) is 2.95. The summed E-state index contributed by atoms with van der Waals surface area (Å²) in [6.07, 6.45) is -0.860. The van der Waals surface area contributed by atoms with Gasteiger partial charge in [0.25, 0.3) is 5.91 Å². The van der Waals surface area contributed by atoms with Crippen molar-refractivity contribution >= 4 is 43.5 Å². The fraction of sp³-hybridized carbons (Fsp3) is 0.486. The minimum atomic E-state index is -2.35. The fourth-order valence-electron chi connectivity index (χ4n) is 6.28. The van der Waals surface area contributed by atoms with E-state index in [1.165, 1.54) is 6.20 Å². The molecule has 4 heterocycles. The number of hydrogen-bond donors (Lipinski definition) is 4. The third kappa shape index (κ3) is 8.73. The maximum atomic E-state index is 15.3. The highest BCUT2D eigenvalue weighted by atomic mass is 28.4.